The van der Waals surface area contributed by atoms with Crippen LogP contribution in [0.5, 0.6) is 0 Å². The number of methoxy groups -OCH3 is 2. The molecule has 0 aliphatic carbocycles. The van der Waals surface area contributed by atoms with Gasteiger partial charge in [-0.1, -0.05) is 0 Å². The van der Waals surface area contributed by atoms with E-state index in [4.69, 9.17) is 19.9 Å². The molecular weight excluding hydrogens is 266 g/mol. The van der Waals surface area contributed by atoms with E-state index in [0.29, 0.717) is 0 Å². The number of hydrogen-bond acceptors (Lipinski definition) is 7. The summed E-state index contributed by atoms with van der Waals surface area (Å²) in [5.41, 5.74) is 4.92. The maximum atomic E-state index is 11.7. The lowest BCUT2D eigenvalue weighted by atomic mass is 10.2. The molecule has 3 N–H and O–H groups in total. The van der Waals surface area contributed by atoms with Gasteiger partial charge in [0.25, 0.3) is 0 Å². The predicted molar refractivity (Wildman–Crippen MR) is 72.3 cm³/mol. The molecular formula is C12H21N3O5. The Hall–Kier alpha value is -1.48. The molecule has 0 aliphatic rings. The molecule has 0 saturated heterocycles. The fourth-order valence-electron chi connectivity index (χ4n) is 1.76. The molecule has 0 radical (unpaired) electrons. The van der Waals surface area contributed by atoms with Crippen LogP contribution in [0.3, 0.4) is 0 Å². The smallest absolute Gasteiger partial charge is 0.351 e. The number of aliphatic hydroxyl groups excluding tert-OH is 1. The number of hydrogen-bond donors (Lipinski definition) is 2. The summed E-state index contributed by atoms with van der Waals surface area (Å²) < 4.78 is 17.2. The minimum atomic E-state index is -0.597. The van der Waals surface area contributed by atoms with E-state index in [9.17, 15) is 9.90 Å². The highest BCUT2D eigenvalue weighted by Crippen LogP contribution is 2.13. The Morgan fingerprint density at radius 2 is 2.15 bits per heavy atom. The molecule has 114 valence electrons. The molecule has 8 nitrogen and oxygen atoms in total. The quantitative estimate of drug-likeness (QED) is 0.656. The third kappa shape index (κ3) is 4.27. The molecule has 0 spiro atoms. The molecule has 1 rings (SSSR count). The Kier molecular flexibility index (Phi) is 6.59. The van der Waals surface area contributed by atoms with E-state index in [1.807, 2.05) is 0 Å². The molecule has 1 heterocycles. The molecule has 0 aliphatic heterocycles. The van der Waals surface area contributed by atoms with Crippen LogP contribution in [0.25, 0.3) is 0 Å². The van der Waals surface area contributed by atoms with E-state index in [2.05, 4.69) is 4.98 Å². The number of anilines is 1. The number of ether oxygens (including phenoxy) is 3. The Labute approximate surface area is 117 Å². The monoisotopic (exact) mass is 287 g/mol. The van der Waals surface area contributed by atoms with Crippen molar-refractivity contribution in [2.75, 3.05) is 33.2 Å². The molecule has 3 atom stereocenters. The Morgan fingerprint density at radius 1 is 1.45 bits per heavy atom. The van der Waals surface area contributed by atoms with E-state index >= 15 is 0 Å². The molecule has 20 heavy (non-hydrogen) atoms. The summed E-state index contributed by atoms with van der Waals surface area (Å²) in [7, 11) is 2.98. The zero-order valence-electron chi connectivity index (χ0n) is 11.9. The fraction of sp³-hybridized carbons (Fsp3) is 0.667. The predicted octanol–water partition coefficient (Wildman–Crippen LogP) is -0.617. The minimum Gasteiger partial charge on any atom is -0.394 e. The molecule has 0 aromatic carbocycles. The van der Waals surface area contributed by atoms with Crippen molar-refractivity contribution in [3.8, 4) is 0 Å². The summed E-state index contributed by atoms with van der Waals surface area (Å²) in [5.74, 6) is 0.150. The van der Waals surface area contributed by atoms with E-state index in [0.717, 1.165) is 0 Å². The van der Waals surface area contributed by atoms with E-state index < -0.39 is 24.1 Å². The van der Waals surface area contributed by atoms with Crippen LogP contribution < -0.4 is 11.4 Å². The first-order valence-electron chi connectivity index (χ1n) is 6.16. The van der Waals surface area contributed by atoms with Crippen LogP contribution in [0.4, 0.5) is 5.82 Å². The average Bonchev–Trinajstić information content (AvgIpc) is 2.40. The van der Waals surface area contributed by atoms with Gasteiger partial charge in [0, 0.05) is 20.4 Å². The first-order valence-corrected chi connectivity index (χ1v) is 6.16. The molecule has 1 aromatic heterocycles. The maximum absolute atomic E-state index is 11.7. The fourth-order valence-corrected chi connectivity index (χ4v) is 1.76. The highest BCUT2D eigenvalue weighted by Gasteiger charge is 2.24. The molecule has 1 aromatic rings. The van der Waals surface area contributed by atoms with Gasteiger partial charge in [-0.15, -0.1) is 0 Å². The first-order chi connectivity index (χ1) is 9.53. The van der Waals surface area contributed by atoms with Gasteiger partial charge in [0.15, 0.2) is 0 Å². The second kappa shape index (κ2) is 7.95. The Bertz CT molecular complexity index is 461. The van der Waals surface area contributed by atoms with E-state index in [1.54, 1.807) is 6.92 Å². The SMILES string of the molecule is COC[C@H](OC(C)n1ccc(N)nc1=O)C(CO)OC. The largest absolute Gasteiger partial charge is 0.394 e. The van der Waals surface area contributed by atoms with Crippen molar-refractivity contribution in [2.24, 2.45) is 0 Å². The minimum absolute atomic E-state index is 0.150. The molecule has 2 unspecified atom stereocenters. The van der Waals surface area contributed by atoms with Gasteiger partial charge in [-0.25, -0.2) is 4.79 Å². The molecule has 8 heteroatoms. The lowest BCUT2D eigenvalue weighted by molar-refractivity contribution is -0.141. The van der Waals surface area contributed by atoms with Crippen LogP contribution >= 0.6 is 0 Å². The van der Waals surface area contributed by atoms with Crippen LogP contribution in [0.2, 0.25) is 0 Å². The van der Waals surface area contributed by atoms with Crippen molar-refractivity contribution in [1.29, 1.82) is 0 Å². The highest BCUT2D eigenvalue weighted by molar-refractivity contribution is 5.23. The summed E-state index contributed by atoms with van der Waals surface area (Å²) in [6.45, 7) is 1.69. The lowest BCUT2D eigenvalue weighted by Crippen LogP contribution is -2.40. The average molecular weight is 287 g/mol. The summed E-state index contributed by atoms with van der Waals surface area (Å²) in [6, 6.07) is 1.51. The van der Waals surface area contributed by atoms with Gasteiger partial charge in [0.05, 0.1) is 13.2 Å². The van der Waals surface area contributed by atoms with Crippen molar-refractivity contribution in [3.05, 3.63) is 22.7 Å². The van der Waals surface area contributed by atoms with Gasteiger partial charge in [0.2, 0.25) is 0 Å². The zero-order chi connectivity index (χ0) is 15.1. The number of nitrogens with two attached hydrogens (primary N) is 1. The Balaban J connectivity index is 2.84. The van der Waals surface area contributed by atoms with E-state index in [1.165, 1.54) is 31.0 Å². The van der Waals surface area contributed by atoms with Crippen LogP contribution in [0, 0.1) is 0 Å². The van der Waals surface area contributed by atoms with Gasteiger partial charge in [-0.2, -0.15) is 4.98 Å². The molecule has 0 fully saturated rings. The Morgan fingerprint density at radius 3 is 2.65 bits per heavy atom. The van der Waals surface area contributed by atoms with Crippen LogP contribution in [-0.2, 0) is 14.2 Å². The van der Waals surface area contributed by atoms with Crippen molar-refractivity contribution in [3.63, 3.8) is 0 Å². The number of nitrogens with zero attached hydrogens (tertiary/aromatic N) is 2. The number of rotatable bonds is 8. The van der Waals surface area contributed by atoms with Gasteiger partial charge in [-0.3, -0.25) is 4.57 Å². The standard InChI is InChI=1S/C12H21N3O5/c1-8(15-5-4-11(13)14-12(15)17)20-10(7-18-2)9(6-16)19-3/h4-5,8-10,16H,6-7H2,1-3H3,(H2,13,14,17)/t8?,9?,10-/m0/s1. The number of aromatic nitrogens is 2. The normalized spacial score (nSPS) is 15.8. The number of nitrogen functional groups attached to an aromatic ring is 1. The van der Waals surface area contributed by atoms with Crippen LogP contribution in [0.1, 0.15) is 13.2 Å². The van der Waals surface area contributed by atoms with Gasteiger partial charge < -0.3 is 25.1 Å². The van der Waals surface area contributed by atoms with E-state index in [-0.39, 0.29) is 19.0 Å². The second-order valence-electron chi connectivity index (χ2n) is 4.23. The molecule has 0 saturated carbocycles. The van der Waals surface area contributed by atoms with Crippen molar-refractivity contribution in [2.45, 2.75) is 25.4 Å². The third-order valence-electron chi connectivity index (χ3n) is 2.84. The van der Waals surface area contributed by atoms with Crippen molar-refractivity contribution in [1.82, 2.24) is 9.55 Å². The van der Waals surface area contributed by atoms with Gasteiger partial charge in [0.1, 0.15) is 24.3 Å². The van der Waals surface area contributed by atoms with Gasteiger partial charge in [-0.05, 0) is 13.0 Å². The lowest BCUT2D eigenvalue weighted by Gasteiger charge is -2.27. The van der Waals surface area contributed by atoms with Crippen LogP contribution in [0.15, 0.2) is 17.1 Å². The molecule has 0 amide bonds. The second-order valence-corrected chi connectivity index (χ2v) is 4.23. The first kappa shape index (κ1) is 16.6. The maximum Gasteiger partial charge on any atom is 0.351 e. The summed E-state index contributed by atoms with van der Waals surface area (Å²) in [4.78, 5) is 15.3. The zero-order valence-corrected chi connectivity index (χ0v) is 11.9. The number of aliphatic hydroxyl groups is 1. The summed E-state index contributed by atoms with van der Waals surface area (Å²) in [5, 5.41) is 9.24. The van der Waals surface area contributed by atoms with Crippen LogP contribution in [-0.4, -0.2) is 54.3 Å². The van der Waals surface area contributed by atoms with Gasteiger partial charge >= 0.3 is 5.69 Å². The van der Waals surface area contributed by atoms with Crippen molar-refractivity contribution >= 4 is 5.82 Å². The molecule has 0 bridgehead atoms. The van der Waals surface area contributed by atoms with Crippen molar-refractivity contribution < 1.29 is 19.3 Å². The summed E-state index contributed by atoms with van der Waals surface area (Å²) in [6.07, 6.45) is -0.163. The topological polar surface area (TPSA) is 109 Å². The summed E-state index contributed by atoms with van der Waals surface area (Å²) >= 11 is 0. The highest BCUT2D eigenvalue weighted by atomic mass is 16.6. The third-order valence-corrected chi connectivity index (χ3v) is 2.84.